The number of furan rings is 1. The molecule has 198 valence electrons. The zero-order chi connectivity index (χ0) is 28.1. The van der Waals surface area contributed by atoms with E-state index in [2.05, 4.69) is 118 Å². The minimum atomic E-state index is 0.259. The molecule has 0 N–H and O–H groups in total. The van der Waals surface area contributed by atoms with Crippen LogP contribution in [-0.2, 0) is 7.05 Å². The summed E-state index contributed by atoms with van der Waals surface area (Å²) in [6, 6.07) is 30.1. The highest BCUT2D eigenvalue weighted by atomic mass is 16.3. The van der Waals surface area contributed by atoms with Gasteiger partial charge in [0.15, 0.2) is 11.0 Å². The van der Waals surface area contributed by atoms with E-state index in [0.29, 0.717) is 5.56 Å². The molecule has 6 aromatic rings. The number of aromatic nitrogens is 2. The van der Waals surface area contributed by atoms with Crippen LogP contribution in [0.3, 0.4) is 0 Å². The number of hydrogen-bond donors (Lipinski definition) is 0. The second-order valence-electron chi connectivity index (χ2n) is 11.3. The van der Waals surface area contributed by atoms with Gasteiger partial charge in [-0.15, -0.1) is 0 Å². The summed E-state index contributed by atoms with van der Waals surface area (Å²) in [6.07, 6.45) is 1.75. The fraction of sp³-hybridized carbons (Fsp3) is 0.222. The molecule has 4 nitrogen and oxygen atoms in total. The second kappa shape index (κ2) is 9.84. The van der Waals surface area contributed by atoms with Crippen LogP contribution in [0.25, 0.3) is 50.2 Å². The predicted octanol–water partition coefficient (Wildman–Crippen LogP) is 8.96. The molecule has 0 bridgehead atoms. The monoisotopic (exact) mass is 524 g/mol. The molecule has 4 heteroatoms. The van der Waals surface area contributed by atoms with Crippen molar-refractivity contribution in [1.82, 2.24) is 4.57 Å². The Morgan fingerprint density at radius 3 is 2.17 bits per heavy atom. The third kappa shape index (κ3) is 3.93. The summed E-state index contributed by atoms with van der Waals surface area (Å²) in [5, 5.41) is 11.4. The van der Waals surface area contributed by atoms with Crippen molar-refractivity contribution in [1.29, 1.82) is 5.26 Å². The molecule has 2 heterocycles. The Labute approximate surface area is 235 Å². The van der Waals surface area contributed by atoms with Crippen molar-refractivity contribution in [3.63, 3.8) is 0 Å². The summed E-state index contributed by atoms with van der Waals surface area (Å²) in [6.45, 7) is 11.2. The molecule has 0 unspecified atom stereocenters. The summed E-state index contributed by atoms with van der Waals surface area (Å²) in [5.41, 5.74) is 11.8. The smallest absolute Gasteiger partial charge is 0.295 e. The van der Waals surface area contributed by atoms with Crippen LogP contribution in [0.4, 0.5) is 0 Å². The van der Waals surface area contributed by atoms with Gasteiger partial charge in [0, 0.05) is 22.1 Å². The van der Waals surface area contributed by atoms with Gasteiger partial charge in [-0.2, -0.15) is 9.83 Å². The van der Waals surface area contributed by atoms with Crippen molar-refractivity contribution in [2.45, 2.75) is 46.5 Å². The second-order valence-corrected chi connectivity index (χ2v) is 11.3. The first kappa shape index (κ1) is 25.6. The van der Waals surface area contributed by atoms with Crippen LogP contribution in [-0.4, -0.2) is 4.57 Å². The molecule has 2 aromatic heterocycles. The Morgan fingerprint density at radius 2 is 1.52 bits per heavy atom. The minimum absolute atomic E-state index is 0.259. The van der Waals surface area contributed by atoms with E-state index in [-0.39, 0.29) is 11.8 Å². The van der Waals surface area contributed by atoms with Crippen molar-refractivity contribution < 1.29 is 8.98 Å². The van der Waals surface area contributed by atoms with Crippen LogP contribution in [0, 0.1) is 18.3 Å². The van der Waals surface area contributed by atoms with E-state index in [1.165, 1.54) is 22.3 Å². The molecule has 0 aliphatic heterocycles. The summed E-state index contributed by atoms with van der Waals surface area (Å²) < 4.78 is 10.5. The van der Waals surface area contributed by atoms with E-state index in [9.17, 15) is 5.26 Å². The lowest BCUT2D eigenvalue weighted by Crippen LogP contribution is -2.37. The Hall–Kier alpha value is -4.62. The van der Waals surface area contributed by atoms with Crippen LogP contribution in [0.2, 0.25) is 0 Å². The summed E-state index contributed by atoms with van der Waals surface area (Å²) in [5.74, 6) is 1.55. The molecule has 40 heavy (non-hydrogen) atoms. The van der Waals surface area contributed by atoms with Gasteiger partial charge in [0.1, 0.15) is 22.9 Å². The van der Waals surface area contributed by atoms with E-state index in [0.717, 1.165) is 44.6 Å². The number of para-hydroxylation sites is 1. The van der Waals surface area contributed by atoms with E-state index in [1.807, 2.05) is 18.2 Å². The lowest BCUT2D eigenvalue weighted by molar-refractivity contribution is -0.557. The molecule has 0 saturated heterocycles. The molecular weight excluding hydrogens is 490 g/mol. The molecule has 4 aromatic carbocycles. The van der Waals surface area contributed by atoms with Gasteiger partial charge in [-0.05, 0) is 66.3 Å². The van der Waals surface area contributed by atoms with Crippen molar-refractivity contribution >= 4 is 22.0 Å². The zero-order valence-electron chi connectivity index (χ0n) is 24.0. The highest BCUT2D eigenvalue weighted by Crippen LogP contribution is 2.38. The summed E-state index contributed by atoms with van der Waals surface area (Å²) in [4.78, 5) is 0. The van der Waals surface area contributed by atoms with Crippen LogP contribution in [0.5, 0.6) is 0 Å². The standard InChI is InChI=1S/C36H34N3O/c1-22(2)30-19-28(25-11-8-7-9-12-25)20-31(23(3)4)34(30)39-33-27(21-37)13-10-14-32(33)38(6)36(39)29-16-15-26-17-18-40-35(26)24(29)5/h7-20,22-23H,1-6H3/q+1. The molecule has 0 saturated carbocycles. The Bertz CT molecular complexity index is 1900. The fourth-order valence-electron chi connectivity index (χ4n) is 6.05. The number of aryl methyl sites for hydroxylation is 2. The van der Waals surface area contributed by atoms with Gasteiger partial charge in [-0.1, -0.05) is 70.2 Å². The number of fused-ring (bicyclic) bond motifs is 2. The quantitative estimate of drug-likeness (QED) is 0.211. The number of nitrogens with zero attached hydrogens (tertiary/aromatic N) is 3. The summed E-state index contributed by atoms with van der Waals surface area (Å²) >= 11 is 0. The fourth-order valence-corrected chi connectivity index (χ4v) is 6.05. The van der Waals surface area contributed by atoms with Crippen LogP contribution in [0.1, 0.15) is 61.8 Å². The van der Waals surface area contributed by atoms with Gasteiger partial charge in [0.05, 0.1) is 18.9 Å². The van der Waals surface area contributed by atoms with Gasteiger partial charge in [-0.3, -0.25) is 0 Å². The van der Waals surface area contributed by atoms with Gasteiger partial charge in [-0.25, -0.2) is 4.57 Å². The molecule has 6 rings (SSSR count). The molecule has 0 spiro atoms. The number of hydrogen-bond acceptors (Lipinski definition) is 2. The number of rotatable bonds is 5. The summed E-state index contributed by atoms with van der Waals surface area (Å²) in [7, 11) is 2.10. The van der Waals surface area contributed by atoms with Crippen LogP contribution < -0.4 is 4.57 Å². The SMILES string of the molecule is Cc1c(-c2n(C)c3cccc(C#N)c3[n+]2-c2c(C(C)C)cc(-c3ccccc3)cc2C(C)C)ccc2ccoc12. The third-order valence-corrected chi connectivity index (χ3v) is 8.10. The molecule has 0 amide bonds. The average Bonchev–Trinajstić information content (AvgIpc) is 3.56. The molecule has 0 aliphatic carbocycles. The molecule has 0 aliphatic rings. The lowest BCUT2D eigenvalue weighted by atomic mass is 9.88. The maximum absolute atomic E-state index is 10.3. The van der Waals surface area contributed by atoms with E-state index < -0.39 is 0 Å². The largest absolute Gasteiger partial charge is 0.464 e. The van der Waals surface area contributed by atoms with E-state index in [4.69, 9.17) is 4.42 Å². The zero-order valence-corrected chi connectivity index (χ0v) is 24.0. The Kier molecular flexibility index (Phi) is 6.31. The molecule has 0 fully saturated rings. The Balaban J connectivity index is 1.81. The van der Waals surface area contributed by atoms with Crippen molar-refractivity contribution in [3.8, 4) is 34.3 Å². The molecule has 0 radical (unpaired) electrons. The van der Waals surface area contributed by atoms with Crippen molar-refractivity contribution in [3.05, 3.63) is 107 Å². The van der Waals surface area contributed by atoms with E-state index in [1.54, 1.807) is 6.26 Å². The first-order valence-electron chi connectivity index (χ1n) is 14.0. The predicted molar refractivity (Wildman–Crippen MR) is 163 cm³/mol. The van der Waals surface area contributed by atoms with Crippen molar-refractivity contribution in [2.24, 2.45) is 7.05 Å². The maximum Gasteiger partial charge on any atom is 0.295 e. The van der Waals surface area contributed by atoms with Gasteiger partial charge in [0.25, 0.3) is 5.82 Å². The third-order valence-electron chi connectivity index (χ3n) is 8.10. The number of nitriles is 1. The Morgan fingerprint density at radius 1 is 0.825 bits per heavy atom. The van der Waals surface area contributed by atoms with Gasteiger partial charge < -0.3 is 4.42 Å². The van der Waals surface area contributed by atoms with E-state index >= 15 is 0 Å². The number of imidazole rings is 1. The first-order valence-corrected chi connectivity index (χ1v) is 14.0. The molecular formula is C36H34N3O+. The first-order chi connectivity index (χ1) is 19.3. The normalized spacial score (nSPS) is 11.7. The van der Waals surface area contributed by atoms with Gasteiger partial charge in [0.2, 0.25) is 0 Å². The topological polar surface area (TPSA) is 45.7 Å². The number of benzene rings is 4. The van der Waals surface area contributed by atoms with Crippen molar-refractivity contribution in [2.75, 3.05) is 0 Å². The average molecular weight is 525 g/mol. The highest BCUT2D eigenvalue weighted by Gasteiger charge is 2.33. The van der Waals surface area contributed by atoms with Crippen LogP contribution >= 0.6 is 0 Å². The minimum Gasteiger partial charge on any atom is -0.464 e. The van der Waals surface area contributed by atoms with Gasteiger partial charge >= 0.3 is 0 Å². The highest BCUT2D eigenvalue weighted by molar-refractivity contribution is 5.88. The van der Waals surface area contributed by atoms with Crippen LogP contribution in [0.15, 0.2) is 89.5 Å². The lowest BCUT2D eigenvalue weighted by Gasteiger charge is -2.21. The maximum atomic E-state index is 10.3. The molecule has 0 atom stereocenters.